The summed E-state index contributed by atoms with van der Waals surface area (Å²) in [6.45, 7) is 0.265. The molecule has 2 aliphatic rings. The number of hydrogen-bond donors (Lipinski definition) is 1. The second-order valence-corrected chi connectivity index (χ2v) is 9.30. The molecule has 0 spiro atoms. The van der Waals surface area contributed by atoms with Crippen molar-refractivity contribution < 1.29 is 22.3 Å². The van der Waals surface area contributed by atoms with E-state index >= 15 is 0 Å². The van der Waals surface area contributed by atoms with Crippen LogP contribution in [0.1, 0.15) is 11.1 Å². The predicted octanol–water partition coefficient (Wildman–Crippen LogP) is 3.03. The van der Waals surface area contributed by atoms with Crippen LogP contribution in [0.5, 0.6) is 5.75 Å². The van der Waals surface area contributed by atoms with E-state index in [1.54, 1.807) is 36.4 Å². The molecule has 2 heterocycles. The van der Waals surface area contributed by atoms with E-state index in [1.807, 2.05) is 0 Å². The van der Waals surface area contributed by atoms with Crippen LogP contribution >= 0.6 is 11.9 Å². The Morgan fingerprint density at radius 1 is 1.16 bits per heavy atom. The van der Waals surface area contributed by atoms with Crippen molar-refractivity contribution in [2.75, 3.05) is 6.26 Å². The summed E-state index contributed by atoms with van der Waals surface area (Å²) in [6, 6.07) is 12.7. The SMILES string of the molecule is CS(=O)(=O)C1=NSC2=NC(=O)/C(=C\c3ccc(OCc4ccc(F)cc4)cc3)C(=N)N21. The Bertz CT molecular complexity index is 1270. The van der Waals surface area contributed by atoms with E-state index < -0.39 is 15.7 Å². The van der Waals surface area contributed by atoms with Crippen molar-refractivity contribution in [3.8, 4) is 5.75 Å². The number of halogens is 1. The zero-order chi connectivity index (χ0) is 22.2. The predicted molar refractivity (Wildman–Crippen MR) is 117 cm³/mol. The Morgan fingerprint density at radius 3 is 2.48 bits per heavy atom. The van der Waals surface area contributed by atoms with E-state index in [2.05, 4.69) is 9.39 Å². The highest BCUT2D eigenvalue weighted by Gasteiger charge is 2.41. The van der Waals surface area contributed by atoms with E-state index in [9.17, 15) is 17.6 Å². The standard InChI is InChI=1S/C20H15FN4O4S2/c1-31(27,28)20-24-30-19-23-18(26)16(17(22)25(19)20)10-12-4-8-15(9-5-12)29-11-13-2-6-14(21)7-3-13/h2-10,22H,11H2,1H3/b16-10-,22-17?. The third-order valence-corrected chi connectivity index (χ3v) is 6.09. The molecule has 0 unspecified atom stereocenters. The van der Waals surface area contributed by atoms with Gasteiger partial charge in [-0.1, -0.05) is 24.3 Å². The first kappa shape index (κ1) is 20.9. The summed E-state index contributed by atoms with van der Waals surface area (Å²) in [7, 11) is -3.70. The molecule has 0 atom stereocenters. The molecular formula is C20H15FN4O4S2. The van der Waals surface area contributed by atoms with Gasteiger partial charge in [-0.25, -0.2) is 17.7 Å². The van der Waals surface area contributed by atoms with Gasteiger partial charge in [0.25, 0.3) is 5.91 Å². The largest absolute Gasteiger partial charge is 0.489 e. The minimum atomic E-state index is -3.70. The van der Waals surface area contributed by atoms with Gasteiger partial charge in [0.15, 0.2) is 0 Å². The lowest BCUT2D eigenvalue weighted by molar-refractivity contribution is -0.114. The maximum atomic E-state index is 13.0. The van der Waals surface area contributed by atoms with Crippen LogP contribution in [0.3, 0.4) is 0 Å². The summed E-state index contributed by atoms with van der Waals surface area (Å²) in [6.07, 6.45) is 2.44. The molecule has 2 aromatic carbocycles. The second kappa shape index (κ2) is 8.08. The van der Waals surface area contributed by atoms with Gasteiger partial charge in [0.2, 0.25) is 20.2 Å². The molecule has 2 aliphatic heterocycles. The summed E-state index contributed by atoms with van der Waals surface area (Å²) < 4.78 is 46.3. The first-order valence-corrected chi connectivity index (χ1v) is 11.5. The molecular weight excluding hydrogens is 443 g/mol. The Hall–Kier alpha value is -3.31. The summed E-state index contributed by atoms with van der Waals surface area (Å²) in [5.41, 5.74) is 1.36. The summed E-state index contributed by atoms with van der Waals surface area (Å²) in [4.78, 5) is 17.3. The molecule has 158 valence electrons. The molecule has 0 saturated carbocycles. The minimum Gasteiger partial charge on any atom is -0.489 e. The molecule has 0 radical (unpaired) electrons. The fourth-order valence-electron chi connectivity index (χ4n) is 2.81. The number of carbonyl (C=O) groups is 1. The first-order valence-electron chi connectivity index (χ1n) is 8.88. The van der Waals surface area contributed by atoms with Crippen molar-refractivity contribution in [2.45, 2.75) is 6.61 Å². The number of ether oxygens (including phenoxy) is 1. The van der Waals surface area contributed by atoms with Crippen molar-refractivity contribution in [2.24, 2.45) is 9.39 Å². The van der Waals surface area contributed by atoms with Gasteiger partial charge < -0.3 is 4.74 Å². The van der Waals surface area contributed by atoms with E-state index in [0.29, 0.717) is 11.3 Å². The summed E-state index contributed by atoms with van der Waals surface area (Å²) in [5, 5.41) is 8.04. The lowest BCUT2D eigenvalue weighted by Crippen LogP contribution is -2.45. The average molecular weight is 458 g/mol. The number of nitrogens with one attached hydrogen (secondary N) is 1. The van der Waals surface area contributed by atoms with Crippen LogP contribution in [0.15, 0.2) is 63.5 Å². The molecule has 31 heavy (non-hydrogen) atoms. The van der Waals surface area contributed by atoms with Crippen molar-refractivity contribution >= 4 is 49.9 Å². The van der Waals surface area contributed by atoms with Gasteiger partial charge in [0.05, 0.1) is 17.5 Å². The Kier molecular flexibility index (Phi) is 5.46. The molecule has 0 saturated heterocycles. The quantitative estimate of drug-likeness (QED) is 0.557. The highest BCUT2D eigenvalue weighted by Crippen LogP contribution is 2.29. The monoisotopic (exact) mass is 458 g/mol. The normalized spacial score (nSPS) is 17.5. The molecule has 1 amide bonds. The number of carbonyl (C=O) groups excluding carboxylic acids is 1. The van der Waals surface area contributed by atoms with E-state index in [4.69, 9.17) is 10.1 Å². The van der Waals surface area contributed by atoms with Gasteiger partial charge in [0, 0.05) is 6.26 Å². The third kappa shape index (κ3) is 4.42. The number of amides is 1. The number of amidine groups is 3. The summed E-state index contributed by atoms with van der Waals surface area (Å²) >= 11 is 0.742. The third-order valence-electron chi connectivity index (χ3n) is 4.34. The van der Waals surface area contributed by atoms with E-state index in [-0.39, 0.29) is 34.2 Å². The molecule has 0 fully saturated rings. The number of sulfone groups is 1. The van der Waals surface area contributed by atoms with Crippen molar-refractivity contribution in [1.29, 1.82) is 5.41 Å². The second-order valence-electron chi connectivity index (χ2n) is 6.66. The number of rotatable bonds is 4. The Labute approximate surface area is 181 Å². The van der Waals surface area contributed by atoms with Crippen molar-refractivity contribution in [1.82, 2.24) is 4.90 Å². The van der Waals surface area contributed by atoms with Gasteiger partial charge in [-0.05, 0) is 41.5 Å². The zero-order valence-electron chi connectivity index (χ0n) is 16.1. The molecule has 1 N–H and O–H groups in total. The molecule has 8 nitrogen and oxygen atoms in total. The topological polar surface area (TPSA) is 112 Å². The fraction of sp³-hybridized carbons (Fsp3) is 0.100. The molecule has 4 rings (SSSR count). The number of benzene rings is 2. The van der Waals surface area contributed by atoms with Crippen LogP contribution in [0.25, 0.3) is 6.08 Å². The maximum Gasteiger partial charge on any atom is 0.283 e. The molecule has 2 aromatic rings. The van der Waals surface area contributed by atoms with Gasteiger partial charge >= 0.3 is 0 Å². The van der Waals surface area contributed by atoms with E-state index in [0.717, 1.165) is 28.7 Å². The molecule has 11 heteroatoms. The van der Waals surface area contributed by atoms with Crippen LogP contribution in [-0.4, -0.2) is 41.7 Å². The minimum absolute atomic E-state index is 0.0390. The van der Waals surface area contributed by atoms with Crippen LogP contribution in [0.4, 0.5) is 4.39 Å². The van der Waals surface area contributed by atoms with Crippen LogP contribution in [0.2, 0.25) is 0 Å². The van der Waals surface area contributed by atoms with Crippen molar-refractivity contribution in [3.63, 3.8) is 0 Å². The number of fused-ring (bicyclic) bond motifs is 1. The molecule has 0 aromatic heterocycles. The Morgan fingerprint density at radius 2 is 1.84 bits per heavy atom. The molecule has 0 aliphatic carbocycles. The number of nitrogens with zero attached hydrogens (tertiary/aromatic N) is 3. The fourth-order valence-corrected chi connectivity index (χ4v) is 4.66. The number of hydrogen-bond acceptors (Lipinski definition) is 7. The molecule has 0 bridgehead atoms. The average Bonchev–Trinajstić information content (AvgIpc) is 3.16. The van der Waals surface area contributed by atoms with E-state index in [1.165, 1.54) is 18.2 Å². The Balaban J connectivity index is 1.52. The van der Waals surface area contributed by atoms with Gasteiger partial charge in [0.1, 0.15) is 24.0 Å². The van der Waals surface area contributed by atoms with Crippen LogP contribution < -0.4 is 4.74 Å². The zero-order valence-corrected chi connectivity index (χ0v) is 17.7. The highest BCUT2D eigenvalue weighted by atomic mass is 32.2. The lowest BCUT2D eigenvalue weighted by atomic mass is 10.1. The maximum absolute atomic E-state index is 13.0. The first-order chi connectivity index (χ1) is 14.7. The van der Waals surface area contributed by atoms with Gasteiger partial charge in [-0.2, -0.15) is 9.39 Å². The summed E-state index contributed by atoms with van der Waals surface area (Å²) in [5.74, 6) is -0.701. The smallest absolute Gasteiger partial charge is 0.283 e. The number of aliphatic imine (C=N–C) groups is 1. The van der Waals surface area contributed by atoms with Crippen LogP contribution in [-0.2, 0) is 21.2 Å². The van der Waals surface area contributed by atoms with Crippen molar-refractivity contribution in [3.05, 3.63) is 71.0 Å². The lowest BCUT2D eigenvalue weighted by Gasteiger charge is -2.23. The highest BCUT2D eigenvalue weighted by molar-refractivity contribution is 8.16. The van der Waals surface area contributed by atoms with Gasteiger partial charge in [-0.3, -0.25) is 10.2 Å². The van der Waals surface area contributed by atoms with Crippen LogP contribution in [0, 0.1) is 11.2 Å². The van der Waals surface area contributed by atoms with Gasteiger partial charge in [-0.15, -0.1) is 0 Å².